The Balaban J connectivity index is 1.66. The van der Waals surface area contributed by atoms with Gasteiger partial charge >= 0.3 is 0 Å². The average Bonchev–Trinajstić information content (AvgIpc) is 2.60. The smallest absolute Gasteiger partial charge is 0.244 e. The number of carbonyl (C=O) groups is 1. The Hall–Kier alpha value is -3.48. The summed E-state index contributed by atoms with van der Waals surface area (Å²) in [5.41, 5.74) is 3.86. The van der Waals surface area contributed by atoms with Crippen LogP contribution in [0.2, 0.25) is 0 Å². The van der Waals surface area contributed by atoms with Crippen LogP contribution in [0.25, 0.3) is 0 Å². The normalized spacial score (nSPS) is 10.2. The number of amides is 1. The molecule has 2 aromatic carbocycles. The number of hydrogen-bond acceptors (Lipinski definition) is 6. The minimum absolute atomic E-state index is 0.117. The zero-order valence-corrected chi connectivity index (χ0v) is 14.7. The molecular weight excluding hydrogens is 328 g/mol. The van der Waals surface area contributed by atoms with Crippen LogP contribution >= 0.6 is 0 Å². The number of anilines is 4. The molecule has 0 saturated carbocycles. The molecule has 0 bridgehead atoms. The van der Waals surface area contributed by atoms with E-state index < -0.39 is 0 Å². The number of nitrogens with zero attached hydrogens (tertiary/aromatic N) is 3. The number of rotatable bonds is 6. The number of benzene rings is 2. The van der Waals surface area contributed by atoms with Gasteiger partial charge in [-0.15, -0.1) is 5.10 Å². The summed E-state index contributed by atoms with van der Waals surface area (Å²) in [5.74, 6) is 0.884. The van der Waals surface area contributed by atoms with Crippen LogP contribution in [0.5, 0.6) is 0 Å². The average molecular weight is 348 g/mol. The molecular formula is C19H20N6O. The molecule has 0 aliphatic heterocycles. The van der Waals surface area contributed by atoms with Crippen molar-refractivity contribution in [1.82, 2.24) is 15.2 Å². The Morgan fingerprint density at radius 3 is 2.69 bits per heavy atom. The summed E-state index contributed by atoms with van der Waals surface area (Å²) in [4.78, 5) is 15.6. The second kappa shape index (κ2) is 8.06. The molecule has 0 aliphatic rings. The second-order valence-corrected chi connectivity index (χ2v) is 5.89. The number of nitrogens with one attached hydrogen (secondary N) is 3. The Bertz CT molecular complexity index is 912. The fourth-order valence-electron chi connectivity index (χ4n) is 2.47. The summed E-state index contributed by atoms with van der Waals surface area (Å²) in [7, 11) is 0. The first kappa shape index (κ1) is 17.3. The van der Waals surface area contributed by atoms with E-state index in [2.05, 4.69) is 50.2 Å². The van der Waals surface area contributed by atoms with Gasteiger partial charge in [0, 0.05) is 24.8 Å². The lowest BCUT2D eigenvalue weighted by Gasteiger charge is -2.09. The van der Waals surface area contributed by atoms with E-state index in [1.807, 2.05) is 36.4 Å². The first-order chi connectivity index (χ1) is 12.6. The van der Waals surface area contributed by atoms with Gasteiger partial charge in [-0.1, -0.05) is 35.9 Å². The van der Waals surface area contributed by atoms with Crippen LogP contribution in [0, 0.1) is 6.92 Å². The van der Waals surface area contributed by atoms with E-state index >= 15 is 0 Å². The zero-order valence-electron chi connectivity index (χ0n) is 14.7. The van der Waals surface area contributed by atoms with Crippen molar-refractivity contribution in [1.29, 1.82) is 0 Å². The number of hydrogen-bond donors (Lipinski definition) is 3. The molecule has 3 rings (SSSR count). The highest BCUT2D eigenvalue weighted by molar-refractivity contribution is 5.89. The third kappa shape index (κ3) is 5.01. The summed E-state index contributed by atoms with van der Waals surface area (Å²) in [6, 6.07) is 15.6. The molecule has 3 aromatic rings. The molecule has 0 radical (unpaired) electrons. The van der Waals surface area contributed by atoms with E-state index in [1.165, 1.54) is 12.5 Å². The lowest BCUT2D eigenvalue weighted by molar-refractivity contribution is -0.114. The Kier molecular flexibility index (Phi) is 5.38. The van der Waals surface area contributed by atoms with Gasteiger partial charge in [0.15, 0.2) is 5.82 Å². The van der Waals surface area contributed by atoms with Crippen LogP contribution in [-0.2, 0) is 11.3 Å². The maximum atomic E-state index is 11.2. The molecule has 0 fully saturated rings. The summed E-state index contributed by atoms with van der Waals surface area (Å²) in [5, 5.41) is 17.1. The van der Waals surface area contributed by atoms with Crippen molar-refractivity contribution < 1.29 is 4.79 Å². The number of carbonyl (C=O) groups excluding carboxylic acids is 1. The fraction of sp³-hybridized carbons (Fsp3) is 0.158. The van der Waals surface area contributed by atoms with Gasteiger partial charge in [-0.3, -0.25) is 4.79 Å². The van der Waals surface area contributed by atoms with E-state index in [1.54, 1.807) is 6.20 Å². The number of aromatic nitrogens is 3. The van der Waals surface area contributed by atoms with E-state index in [9.17, 15) is 4.79 Å². The van der Waals surface area contributed by atoms with Gasteiger partial charge in [0.05, 0.1) is 6.20 Å². The van der Waals surface area contributed by atoms with Crippen molar-refractivity contribution in [3.63, 3.8) is 0 Å². The molecule has 1 heterocycles. The maximum absolute atomic E-state index is 11.2. The minimum Gasteiger partial charge on any atom is -0.349 e. The molecule has 7 nitrogen and oxygen atoms in total. The van der Waals surface area contributed by atoms with Crippen molar-refractivity contribution >= 4 is 29.0 Å². The SMILES string of the molecule is CC(=O)Nc1cccc(Nc2cnnc(NCc3cccc(C)c3)n2)c1. The molecule has 0 aliphatic carbocycles. The monoisotopic (exact) mass is 348 g/mol. The predicted molar refractivity (Wildman–Crippen MR) is 102 cm³/mol. The van der Waals surface area contributed by atoms with Crippen LogP contribution in [0.1, 0.15) is 18.1 Å². The standard InChI is InChI=1S/C19H20N6O/c1-13-5-3-6-15(9-13)11-20-19-24-18(12-21-25-19)23-17-8-4-7-16(10-17)22-14(2)26/h3-10,12H,11H2,1-2H3,(H,22,26)(H2,20,23,24,25). The third-order valence-corrected chi connectivity index (χ3v) is 3.55. The van der Waals surface area contributed by atoms with Crippen molar-refractivity contribution in [2.45, 2.75) is 20.4 Å². The van der Waals surface area contributed by atoms with E-state index in [0.29, 0.717) is 24.0 Å². The topological polar surface area (TPSA) is 91.8 Å². The van der Waals surface area contributed by atoms with Gasteiger partial charge in [-0.25, -0.2) is 0 Å². The molecule has 0 spiro atoms. The molecule has 0 saturated heterocycles. The highest BCUT2D eigenvalue weighted by Gasteiger charge is 2.03. The Labute approximate surface area is 151 Å². The van der Waals surface area contributed by atoms with Gasteiger partial charge in [0.2, 0.25) is 11.9 Å². The summed E-state index contributed by atoms with van der Waals surface area (Å²) < 4.78 is 0. The summed E-state index contributed by atoms with van der Waals surface area (Å²) >= 11 is 0. The van der Waals surface area contributed by atoms with Crippen molar-refractivity contribution in [2.24, 2.45) is 0 Å². The second-order valence-electron chi connectivity index (χ2n) is 5.89. The van der Waals surface area contributed by atoms with Gasteiger partial charge < -0.3 is 16.0 Å². The minimum atomic E-state index is -0.117. The molecule has 1 amide bonds. The third-order valence-electron chi connectivity index (χ3n) is 3.55. The zero-order chi connectivity index (χ0) is 18.4. The largest absolute Gasteiger partial charge is 0.349 e. The Morgan fingerprint density at radius 1 is 1.08 bits per heavy atom. The van der Waals surface area contributed by atoms with Crippen LogP contribution in [0.4, 0.5) is 23.1 Å². The molecule has 1 aromatic heterocycles. The lowest BCUT2D eigenvalue weighted by Crippen LogP contribution is -2.07. The maximum Gasteiger partial charge on any atom is 0.244 e. The van der Waals surface area contributed by atoms with Crippen LogP contribution in [0.15, 0.2) is 54.7 Å². The van der Waals surface area contributed by atoms with Gasteiger partial charge in [0.25, 0.3) is 0 Å². The molecule has 3 N–H and O–H groups in total. The first-order valence-electron chi connectivity index (χ1n) is 8.22. The van der Waals surface area contributed by atoms with Crippen LogP contribution in [0.3, 0.4) is 0 Å². The van der Waals surface area contributed by atoms with Crippen LogP contribution in [-0.4, -0.2) is 21.1 Å². The first-order valence-corrected chi connectivity index (χ1v) is 8.22. The lowest BCUT2D eigenvalue weighted by atomic mass is 10.1. The molecule has 132 valence electrons. The highest BCUT2D eigenvalue weighted by Crippen LogP contribution is 2.19. The van der Waals surface area contributed by atoms with E-state index in [4.69, 9.17) is 0 Å². The molecule has 0 atom stereocenters. The van der Waals surface area contributed by atoms with Crippen molar-refractivity contribution in [2.75, 3.05) is 16.0 Å². The number of aryl methyl sites for hydroxylation is 1. The predicted octanol–water partition coefficient (Wildman–Crippen LogP) is 3.49. The van der Waals surface area contributed by atoms with Crippen molar-refractivity contribution in [3.8, 4) is 0 Å². The van der Waals surface area contributed by atoms with Gasteiger partial charge in [-0.05, 0) is 30.7 Å². The molecule has 26 heavy (non-hydrogen) atoms. The van der Waals surface area contributed by atoms with Crippen molar-refractivity contribution in [3.05, 3.63) is 65.9 Å². The molecule has 0 unspecified atom stereocenters. The van der Waals surface area contributed by atoms with Gasteiger partial charge in [0.1, 0.15) is 0 Å². The summed E-state index contributed by atoms with van der Waals surface area (Å²) in [6.45, 7) is 4.15. The quantitative estimate of drug-likeness (QED) is 0.631. The highest BCUT2D eigenvalue weighted by atomic mass is 16.1. The Morgan fingerprint density at radius 2 is 1.88 bits per heavy atom. The molecule has 7 heteroatoms. The van der Waals surface area contributed by atoms with E-state index in [-0.39, 0.29) is 5.91 Å². The van der Waals surface area contributed by atoms with Gasteiger partial charge in [-0.2, -0.15) is 10.1 Å². The van der Waals surface area contributed by atoms with Crippen LogP contribution < -0.4 is 16.0 Å². The van der Waals surface area contributed by atoms with E-state index in [0.717, 1.165) is 11.3 Å². The summed E-state index contributed by atoms with van der Waals surface area (Å²) in [6.07, 6.45) is 1.54. The fourth-order valence-corrected chi connectivity index (χ4v) is 2.47.